The van der Waals surface area contributed by atoms with Gasteiger partial charge in [0.2, 0.25) is 0 Å². The third kappa shape index (κ3) is 1.96. The van der Waals surface area contributed by atoms with E-state index in [-0.39, 0.29) is 5.91 Å². The molecule has 0 radical (unpaired) electrons. The van der Waals surface area contributed by atoms with Crippen molar-refractivity contribution in [3.63, 3.8) is 0 Å². The van der Waals surface area contributed by atoms with Crippen LogP contribution in [0.5, 0.6) is 0 Å². The van der Waals surface area contributed by atoms with Gasteiger partial charge in [0.05, 0.1) is 0 Å². The zero-order chi connectivity index (χ0) is 10.8. The van der Waals surface area contributed by atoms with Crippen molar-refractivity contribution in [2.45, 2.75) is 19.8 Å². The lowest BCUT2D eigenvalue weighted by Gasteiger charge is -2.16. The van der Waals surface area contributed by atoms with E-state index in [0.29, 0.717) is 5.69 Å². The maximum atomic E-state index is 12.1. The minimum absolute atomic E-state index is 0.123. The Morgan fingerprint density at radius 2 is 2.00 bits per heavy atom. The smallest absolute Gasteiger partial charge is 0.254 e. The van der Waals surface area contributed by atoms with Gasteiger partial charge in [0.1, 0.15) is 0 Å². The fourth-order valence-corrected chi connectivity index (χ4v) is 1.96. The summed E-state index contributed by atoms with van der Waals surface area (Å²) in [5.41, 5.74) is 8.10. The molecule has 0 aliphatic carbocycles. The van der Waals surface area contributed by atoms with Crippen molar-refractivity contribution in [2.24, 2.45) is 0 Å². The van der Waals surface area contributed by atoms with Crippen LogP contribution in [0.2, 0.25) is 0 Å². The molecule has 1 fully saturated rings. The van der Waals surface area contributed by atoms with Crippen LogP contribution in [-0.4, -0.2) is 23.9 Å². The van der Waals surface area contributed by atoms with Crippen molar-refractivity contribution in [2.75, 3.05) is 18.8 Å². The summed E-state index contributed by atoms with van der Waals surface area (Å²) < 4.78 is 0. The van der Waals surface area contributed by atoms with Crippen molar-refractivity contribution in [1.82, 2.24) is 4.90 Å². The molecule has 3 heteroatoms. The Morgan fingerprint density at radius 3 is 2.67 bits per heavy atom. The Kier molecular flexibility index (Phi) is 2.62. The third-order valence-electron chi connectivity index (χ3n) is 2.89. The molecule has 3 nitrogen and oxygen atoms in total. The molecule has 2 rings (SSSR count). The van der Waals surface area contributed by atoms with Gasteiger partial charge in [0.15, 0.2) is 0 Å². The largest absolute Gasteiger partial charge is 0.399 e. The van der Waals surface area contributed by atoms with E-state index >= 15 is 0 Å². The quantitative estimate of drug-likeness (QED) is 0.709. The lowest BCUT2D eigenvalue weighted by molar-refractivity contribution is 0.0792. The highest BCUT2D eigenvalue weighted by Gasteiger charge is 2.20. The van der Waals surface area contributed by atoms with Crippen LogP contribution in [0.15, 0.2) is 18.2 Å². The molecule has 0 saturated carbocycles. The van der Waals surface area contributed by atoms with Crippen molar-refractivity contribution < 1.29 is 4.79 Å². The third-order valence-corrected chi connectivity index (χ3v) is 2.89. The van der Waals surface area contributed by atoms with Crippen LogP contribution in [0.4, 0.5) is 5.69 Å². The van der Waals surface area contributed by atoms with Gasteiger partial charge in [-0.2, -0.15) is 0 Å². The molecule has 1 amide bonds. The lowest BCUT2D eigenvalue weighted by Crippen LogP contribution is -2.28. The molecule has 0 unspecified atom stereocenters. The predicted octanol–water partition coefficient (Wildman–Crippen LogP) is 1.81. The van der Waals surface area contributed by atoms with Gasteiger partial charge in [0, 0.05) is 24.3 Å². The number of hydrogen-bond acceptors (Lipinski definition) is 2. The number of hydrogen-bond donors (Lipinski definition) is 1. The molecule has 1 aliphatic heterocycles. The maximum Gasteiger partial charge on any atom is 0.254 e. The number of carbonyl (C=O) groups excluding carboxylic acids is 1. The average Bonchev–Trinajstić information content (AvgIpc) is 2.74. The van der Waals surface area contributed by atoms with E-state index in [9.17, 15) is 4.79 Å². The minimum Gasteiger partial charge on any atom is -0.399 e. The second kappa shape index (κ2) is 3.93. The first-order valence-electron chi connectivity index (χ1n) is 5.34. The first-order chi connectivity index (χ1) is 7.18. The summed E-state index contributed by atoms with van der Waals surface area (Å²) in [6.07, 6.45) is 2.24. The summed E-state index contributed by atoms with van der Waals surface area (Å²) in [6, 6.07) is 5.50. The molecule has 0 bridgehead atoms. The Bertz CT molecular complexity index is 381. The SMILES string of the molecule is Cc1ccc(N)cc1C(=O)N1CCCC1. The zero-order valence-corrected chi connectivity index (χ0v) is 8.99. The number of nitrogens with zero attached hydrogens (tertiary/aromatic N) is 1. The Balaban J connectivity index is 2.27. The summed E-state index contributed by atoms with van der Waals surface area (Å²) in [4.78, 5) is 14.0. The van der Waals surface area contributed by atoms with Crippen LogP contribution in [0.1, 0.15) is 28.8 Å². The van der Waals surface area contributed by atoms with Crippen LogP contribution >= 0.6 is 0 Å². The number of nitrogen functional groups attached to an aromatic ring is 1. The van der Waals surface area contributed by atoms with E-state index < -0.39 is 0 Å². The van der Waals surface area contributed by atoms with Crippen LogP contribution in [0.25, 0.3) is 0 Å². The van der Waals surface area contributed by atoms with Crippen molar-refractivity contribution in [3.8, 4) is 0 Å². The Labute approximate surface area is 89.9 Å². The number of rotatable bonds is 1. The highest BCUT2D eigenvalue weighted by Crippen LogP contribution is 2.18. The predicted molar refractivity (Wildman–Crippen MR) is 60.7 cm³/mol. The molecule has 1 aromatic carbocycles. The molecular weight excluding hydrogens is 188 g/mol. The van der Waals surface area contributed by atoms with E-state index in [1.54, 1.807) is 6.07 Å². The van der Waals surface area contributed by atoms with Crippen molar-refractivity contribution in [1.29, 1.82) is 0 Å². The second-order valence-corrected chi connectivity index (χ2v) is 4.07. The van der Waals surface area contributed by atoms with E-state index in [2.05, 4.69) is 0 Å². The van der Waals surface area contributed by atoms with Gasteiger partial charge in [-0.25, -0.2) is 0 Å². The summed E-state index contributed by atoms with van der Waals surface area (Å²) in [6.45, 7) is 3.71. The molecule has 1 heterocycles. The Morgan fingerprint density at radius 1 is 1.33 bits per heavy atom. The highest BCUT2D eigenvalue weighted by molar-refractivity contribution is 5.96. The topological polar surface area (TPSA) is 46.3 Å². The lowest BCUT2D eigenvalue weighted by atomic mass is 10.1. The van der Waals surface area contributed by atoms with Crippen LogP contribution in [0.3, 0.4) is 0 Å². The van der Waals surface area contributed by atoms with Gasteiger partial charge in [-0.3, -0.25) is 4.79 Å². The number of carbonyl (C=O) groups is 1. The molecule has 0 spiro atoms. The van der Waals surface area contributed by atoms with E-state index in [4.69, 9.17) is 5.73 Å². The van der Waals surface area contributed by atoms with Crippen LogP contribution < -0.4 is 5.73 Å². The highest BCUT2D eigenvalue weighted by atomic mass is 16.2. The standard InChI is InChI=1S/C12H16N2O/c1-9-4-5-10(13)8-11(9)12(15)14-6-2-3-7-14/h4-5,8H,2-3,6-7,13H2,1H3. The summed E-state index contributed by atoms with van der Waals surface area (Å²) in [7, 11) is 0. The molecule has 0 aromatic heterocycles. The normalized spacial score (nSPS) is 15.7. The fraction of sp³-hybridized carbons (Fsp3) is 0.417. The van der Waals surface area contributed by atoms with Gasteiger partial charge in [-0.1, -0.05) is 6.07 Å². The van der Waals surface area contributed by atoms with Crippen molar-refractivity contribution >= 4 is 11.6 Å². The minimum atomic E-state index is 0.123. The Hall–Kier alpha value is -1.51. The number of anilines is 1. The molecule has 80 valence electrons. The van der Waals surface area contributed by atoms with Crippen molar-refractivity contribution in [3.05, 3.63) is 29.3 Å². The van der Waals surface area contributed by atoms with Gasteiger partial charge in [0.25, 0.3) is 5.91 Å². The molecule has 2 N–H and O–H groups in total. The summed E-state index contributed by atoms with van der Waals surface area (Å²) in [5.74, 6) is 0.123. The van der Waals surface area contributed by atoms with Crippen LogP contribution in [0, 0.1) is 6.92 Å². The van der Waals surface area contributed by atoms with E-state index in [1.807, 2.05) is 24.0 Å². The number of aryl methyl sites for hydroxylation is 1. The maximum absolute atomic E-state index is 12.1. The summed E-state index contributed by atoms with van der Waals surface area (Å²) in [5, 5.41) is 0. The fourth-order valence-electron chi connectivity index (χ4n) is 1.96. The molecule has 1 aliphatic rings. The van der Waals surface area contributed by atoms with E-state index in [0.717, 1.165) is 37.1 Å². The first kappa shape index (κ1) is 10.0. The van der Waals surface area contributed by atoms with Crippen LogP contribution in [-0.2, 0) is 0 Å². The molecule has 1 saturated heterocycles. The molecule has 15 heavy (non-hydrogen) atoms. The average molecular weight is 204 g/mol. The first-order valence-corrected chi connectivity index (χ1v) is 5.34. The van der Waals surface area contributed by atoms with E-state index in [1.165, 1.54) is 0 Å². The molecular formula is C12H16N2O. The van der Waals surface area contributed by atoms with Gasteiger partial charge in [-0.15, -0.1) is 0 Å². The zero-order valence-electron chi connectivity index (χ0n) is 8.99. The molecule has 1 aromatic rings. The monoisotopic (exact) mass is 204 g/mol. The van der Waals surface area contributed by atoms with Gasteiger partial charge in [-0.05, 0) is 37.5 Å². The van der Waals surface area contributed by atoms with Gasteiger partial charge >= 0.3 is 0 Å². The van der Waals surface area contributed by atoms with Gasteiger partial charge < -0.3 is 10.6 Å². The number of nitrogens with two attached hydrogens (primary N) is 1. The number of benzene rings is 1. The number of likely N-dealkylation sites (tertiary alicyclic amines) is 1. The molecule has 0 atom stereocenters. The summed E-state index contributed by atoms with van der Waals surface area (Å²) >= 11 is 0. The number of amides is 1. The second-order valence-electron chi connectivity index (χ2n) is 4.07.